The molecule has 0 rings (SSSR count). The number of carbonyl (C=O) groups is 1. The molecule has 1 amide bonds. The van der Waals surface area contributed by atoms with Gasteiger partial charge in [-0.3, -0.25) is 4.79 Å². The molecule has 0 aliphatic carbocycles. The minimum Gasteiger partial charge on any atom is -0.370 e. The van der Waals surface area contributed by atoms with Gasteiger partial charge in [-0.15, -0.1) is 0 Å². The van der Waals surface area contributed by atoms with E-state index in [1.165, 1.54) is 0 Å². The van der Waals surface area contributed by atoms with Crippen LogP contribution in [0.3, 0.4) is 0 Å². The topological polar surface area (TPSA) is 55.1 Å². The number of hydrogen-bond acceptors (Lipinski definition) is 2. The Bertz CT molecular complexity index is 171. The molecule has 0 radical (unpaired) electrons. The molecule has 0 heterocycles. The lowest BCUT2D eigenvalue weighted by atomic mass is 9.86. The van der Waals surface area contributed by atoms with Crippen molar-refractivity contribution in [1.29, 1.82) is 0 Å². The second kappa shape index (κ2) is 6.82. The number of nitrogens with two attached hydrogens (primary N) is 1. The highest BCUT2D eigenvalue weighted by Gasteiger charge is 2.27. The van der Waals surface area contributed by atoms with Gasteiger partial charge in [-0.25, -0.2) is 0 Å². The predicted octanol–water partition coefficient (Wildman–Crippen LogP) is 1.81. The summed E-state index contributed by atoms with van der Waals surface area (Å²) in [6.45, 7) is 7.34. The quantitative estimate of drug-likeness (QED) is 0.628. The molecule has 0 saturated carbocycles. The summed E-state index contributed by atoms with van der Waals surface area (Å²) in [4.78, 5) is 11.0. The van der Waals surface area contributed by atoms with Gasteiger partial charge >= 0.3 is 0 Å². The van der Waals surface area contributed by atoms with Crippen LogP contribution in [0, 0.1) is 0 Å². The molecule has 0 aromatic heterocycles. The third-order valence-corrected chi connectivity index (χ3v) is 2.67. The number of nitrogens with one attached hydrogen (secondary N) is 1. The van der Waals surface area contributed by atoms with Gasteiger partial charge in [0.15, 0.2) is 0 Å². The lowest BCUT2D eigenvalue weighted by Gasteiger charge is -2.33. The minimum atomic E-state index is -0.205. The van der Waals surface area contributed by atoms with Crippen molar-refractivity contribution in [2.75, 3.05) is 6.54 Å². The summed E-state index contributed by atoms with van der Waals surface area (Å²) in [7, 11) is 0. The van der Waals surface area contributed by atoms with Gasteiger partial charge in [0.2, 0.25) is 5.91 Å². The molecule has 0 aliphatic heterocycles. The molecular formula is C11H24N2O. The van der Waals surface area contributed by atoms with Crippen molar-refractivity contribution in [3.8, 4) is 0 Å². The van der Waals surface area contributed by atoms with Gasteiger partial charge in [0, 0.05) is 12.0 Å². The van der Waals surface area contributed by atoms with Gasteiger partial charge in [0.1, 0.15) is 0 Å². The van der Waals surface area contributed by atoms with E-state index in [2.05, 4.69) is 26.1 Å². The maximum Gasteiger partial charge on any atom is 0.219 e. The Morgan fingerprint density at radius 2 is 1.93 bits per heavy atom. The fraction of sp³-hybridized carbons (Fsp3) is 0.909. The normalized spacial score (nSPS) is 15.1. The highest BCUT2D eigenvalue weighted by atomic mass is 16.1. The molecule has 3 nitrogen and oxygen atoms in total. The van der Waals surface area contributed by atoms with E-state index in [1.54, 1.807) is 0 Å². The van der Waals surface area contributed by atoms with Crippen molar-refractivity contribution < 1.29 is 4.79 Å². The van der Waals surface area contributed by atoms with Crippen molar-refractivity contribution in [2.24, 2.45) is 5.73 Å². The predicted molar refractivity (Wildman–Crippen MR) is 60.0 cm³/mol. The van der Waals surface area contributed by atoms with Gasteiger partial charge in [-0.05, 0) is 25.8 Å². The van der Waals surface area contributed by atoms with E-state index in [4.69, 9.17) is 5.73 Å². The van der Waals surface area contributed by atoms with Crippen molar-refractivity contribution in [3.05, 3.63) is 0 Å². The Morgan fingerprint density at radius 3 is 2.29 bits per heavy atom. The van der Waals surface area contributed by atoms with Gasteiger partial charge in [0.05, 0.1) is 0 Å². The van der Waals surface area contributed by atoms with Crippen LogP contribution in [0.15, 0.2) is 0 Å². The average molecular weight is 200 g/mol. The van der Waals surface area contributed by atoms with E-state index < -0.39 is 0 Å². The first-order valence-electron chi connectivity index (χ1n) is 5.63. The first kappa shape index (κ1) is 13.4. The van der Waals surface area contributed by atoms with Crippen molar-refractivity contribution in [3.63, 3.8) is 0 Å². The van der Waals surface area contributed by atoms with Crippen LogP contribution in [0.2, 0.25) is 0 Å². The maximum atomic E-state index is 11.0. The monoisotopic (exact) mass is 200 g/mol. The fourth-order valence-corrected chi connectivity index (χ4v) is 1.87. The first-order valence-corrected chi connectivity index (χ1v) is 5.63. The lowest BCUT2D eigenvalue weighted by molar-refractivity contribution is -0.119. The average Bonchev–Trinajstić information content (AvgIpc) is 2.14. The maximum absolute atomic E-state index is 11.0. The lowest BCUT2D eigenvalue weighted by Crippen LogP contribution is -2.47. The van der Waals surface area contributed by atoms with Gasteiger partial charge in [0.25, 0.3) is 0 Å². The number of hydrogen-bond donors (Lipinski definition) is 2. The first-order chi connectivity index (χ1) is 6.60. The van der Waals surface area contributed by atoms with E-state index >= 15 is 0 Å². The zero-order chi connectivity index (χ0) is 11.0. The molecule has 84 valence electrons. The Kier molecular flexibility index (Phi) is 6.54. The van der Waals surface area contributed by atoms with Crippen molar-refractivity contribution in [2.45, 2.75) is 58.4 Å². The van der Waals surface area contributed by atoms with Crippen LogP contribution in [0.1, 0.15) is 52.9 Å². The van der Waals surface area contributed by atoms with Crippen LogP contribution in [0.25, 0.3) is 0 Å². The van der Waals surface area contributed by atoms with Crippen molar-refractivity contribution in [1.82, 2.24) is 5.32 Å². The second-order valence-electron chi connectivity index (χ2n) is 3.95. The van der Waals surface area contributed by atoms with Gasteiger partial charge in [-0.2, -0.15) is 0 Å². The molecule has 1 unspecified atom stereocenters. The van der Waals surface area contributed by atoms with Crippen LogP contribution in [0.5, 0.6) is 0 Å². The van der Waals surface area contributed by atoms with Crippen LogP contribution in [0.4, 0.5) is 0 Å². The van der Waals surface area contributed by atoms with Crippen LogP contribution >= 0.6 is 0 Å². The molecule has 0 aromatic carbocycles. The largest absolute Gasteiger partial charge is 0.370 e. The molecule has 0 fully saturated rings. The van der Waals surface area contributed by atoms with E-state index in [0.29, 0.717) is 6.42 Å². The zero-order valence-corrected chi connectivity index (χ0v) is 9.73. The SMILES string of the molecule is CCCNC(CC)(CCC)CC(N)=O. The summed E-state index contributed by atoms with van der Waals surface area (Å²) in [6, 6.07) is 0. The smallest absolute Gasteiger partial charge is 0.219 e. The Balaban J connectivity index is 4.33. The second-order valence-corrected chi connectivity index (χ2v) is 3.95. The highest BCUT2D eigenvalue weighted by molar-refractivity contribution is 5.75. The summed E-state index contributed by atoms with van der Waals surface area (Å²) in [5.41, 5.74) is 5.22. The molecule has 1 atom stereocenters. The number of rotatable bonds is 8. The Morgan fingerprint density at radius 1 is 1.29 bits per heavy atom. The standard InChI is InChI=1S/C11H24N2O/c1-4-7-11(6-3,9-10(12)14)13-8-5-2/h13H,4-9H2,1-3H3,(H2,12,14). The summed E-state index contributed by atoms with van der Waals surface area (Å²) < 4.78 is 0. The zero-order valence-electron chi connectivity index (χ0n) is 9.73. The van der Waals surface area contributed by atoms with Crippen LogP contribution in [-0.2, 0) is 4.79 Å². The Labute approximate surface area is 87.4 Å². The van der Waals surface area contributed by atoms with E-state index in [-0.39, 0.29) is 11.4 Å². The molecular weight excluding hydrogens is 176 g/mol. The molecule has 0 aromatic rings. The van der Waals surface area contributed by atoms with Crippen LogP contribution in [-0.4, -0.2) is 18.0 Å². The molecule has 3 N–H and O–H groups in total. The molecule has 0 saturated heterocycles. The summed E-state index contributed by atoms with van der Waals surface area (Å²) in [5, 5.41) is 3.46. The molecule has 14 heavy (non-hydrogen) atoms. The van der Waals surface area contributed by atoms with Crippen LogP contribution < -0.4 is 11.1 Å². The molecule has 0 spiro atoms. The number of primary amides is 1. The summed E-state index contributed by atoms with van der Waals surface area (Å²) >= 11 is 0. The minimum absolute atomic E-state index is 0.0589. The van der Waals surface area contributed by atoms with E-state index in [9.17, 15) is 4.79 Å². The number of amides is 1. The van der Waals surface area contributed by atoms with Gasteiger partial charge in [-0.1, -0.05) is 27.2 Å². The van der Waals surface area contributed by atoms with Gasteiger partial charge < -0.3 is 11.1 Å². The number of carbonyl (C=O) groups excluding carboxylic acids is 1. The molecule has 0 aliphatic rings. The third-order valence-electron chi connectivity index (χ3n) is 2.67. The fourth-order valence-electron chi connectivity index (χ4n) is 1.87. The summed E-state index contributed by atoms with van der Waals surface area (Å²) in [6.07, 6.45) is 4.61. The molecule has 0 bridgehead atoms. The summed E-state index contributed by atoms with van der Waals surface area (Å²) in [5.74, 6) is -0.205. The Hall–Kier alpha value is -0.570. The highest BCUT2D eigenvalue weighted by Crippen LogP contribution is 2.21. The van der Waals surface area contributed by atoms with E-state index in [0.717, 1.165) is 32.2 Å². The third kappa shape index (κ3) is 4.61. The van der Waals surface area contributed by atoms with E-state index in [1.807, 2.05) is 0 Å². The van der Waals surface area contributed by atoms with Crippen molar-refractivity contribution >= 4 is 5.91 Å². The molecule has 3 heteroatoms.